The molecule has 0 spiro atoms. The van der Waals surface area contributed by atoms with Crippen LogP contribution >= 0.6 is 0 Å². The molecule has 1 heterocycles. The lowest BCUT2D eigenvalue weighted by Gasteiger charge is -2.35. The predicted molar refractivity (Wildman–Crippen MR) is 99.9 cm³/mol. The fraction of sp³-hybridized carbons (Fsp3) is 0.316. The highest BCUT2D eigenvalue weighted by Crippen LogP contribution is 2.22. The topological polar surface area (TPSA) is 66.9 Å². The number of carbonyl (C=O) groups is 1. The van der Waals surface area contributed by atoms with Gasteiger partial charge in [0.25, 0.3) is 0 Å². The van der Waals surface area contributed by atoms with E-state index in [0.717, 1.165) is 11.3 Å². The van der Waals surface area contributed by atoms with Crippen LogP contribution in [0.15, 0.2) is 53.4 Å². The Kier molecular flexibility index (Phi) is 5.29. The van der Waals surface area contributed by atoms with Gasteiger partial charge in [-0.1, -0.05) is 17.7 Å². The second-order valence-corrected chi connectivity index (χ2v) is 8.18. The van der Waals surface area contributed by atoms with Crippen LogP contribution in [0.2, 0.25) is 0 Å². The van der Waals surface area contributed by atoms with E-state index in [2.05, 4.69) is 4.90 Å². The van der Waals surface area contributed by atoms with Gasteiger partial charge >= 0.3 is 5.97 Å². The second-order valence-electron chi connectivity index (χ2n) is 6.24. The maximum absolute atomic E-state index is 12.8. The van der Waals surface area contributed by atoms with Crippen LogP contribution in [0, 0.1) is 6.92 Å². The summed E-state index contributed by atoms with van der Waals surface area (Å²) >= 11 is 0. The van der Waals surface area contributed by atoms with Gasteiger partial charge in [0.15, 0.2) is 0 Å². The molecule has 138 valence electrons. The number of rotatable bonds is 4. The summed E-state index contributed by atoms with van der Waals surface area (Å²) in [5, 5.41) is 0. The van der Waals surface area contributed by atoms with Crippen molar-refractivity contribution in [3.63, 3.8) is 0 Å². The Morgan fingerprint density at radius 2 is 1.50 bits per heavy atom. The third-order valence-corrected chi connectivity index (χ3v) is 6.46. The van der Waals surface area contributed by atoms with Crippen molar-refractivity contribution >= 4 is 21.7 Å². The van der Waals surface area contributed by atoms with Crippen molar-refractivity contribution in [1.82, 2.24) is 4.31 Å². The molecule has 1 aliphatic rings. The van der Waals surface area contributed by atoms with Gasteiger partial charge in [-0.15, -0.1) is 0 Å². The molecule has 1 saturated heterocycles. The minimum Gasteiger partial charge on any atom is -0.465 e. The summed E-state index contributed by atoms with van der Waals surface area (Å²) in [5.41, 5.74) is 2.49. The van der Waals surface area contributed by atoms with Crippen molar-refractivity contribution in [1.29, 1.82) is 0 Å². The quantitative estimate of drug-likeness (QED) is 0.768. The van der Waals surface area contributed by atoms with E-state index >= 15 is 0 Å². The van der Waals surface area contributed by atoms with Crippen molar-refractivity contribution in [2.24, 2.45) is 0 Å². The molecule has 26 heavy (non-hydrogen) atoms. The molecule has 0 N–H and O–H groups in total. The zero-order valence-electron chi connectivity index (χ0n) is 14.9. The highest BCUT2D eigenvalue weighted by Gasteiger charge is 2.28. The van der Waals surface area contributed by atoms with Crippen LogP contribution < -0.4 is 4.90 Å². The van der Waals surface area contributed by atoms with E-state index in [4.69, 9.17) is 4.74 Å². The van der Waals surface area contributed by atoms with Crippen LogP contribution in [0.4, 0.5) is 5.69 Å². The molecule has 2 aromatic rings. The Morgan fingerprint density at radius 3 is 2.04 bits per heavy atom. The number of nitrogens with zero attached hydrogens (tertiary/aromatic N) is 2. The Hall–Kier alpha value is -2.38. The van der Waals surface area contributed by atoms with Crippen molar-refractivity contribution in [3.8, 4) is 0 Å². The first-order valence-electron chi connectivity index (χ1n) is 8.42. The molecule has 1 aliphatic heterocycles. The molecule has 0 bridgehead atoms. The van der Waals surface area contributed by atoms with E-state index in [9.17, 15) is 13.2 Å². The van der Waals surface area contributed by atoms with Crippen molar-refractivity contribution < 1.29 is 17.9 Å². The highest BCUT2D eigenvalue weighted by atomic mass is 32.2. The maximum atomic E-state index is 12.8. The zero-order chi connectivity index (χ0) is 18.7. The minimum absolute atomic E-state index is 0.332. The Balaban J connectivity index is 1.67. The van der Waals surface area contributed by atoms with Gasteiger partial charge in [0.1, 0.15) is 0 Å². The van der Waals surface area contributed by atoms with Crippen molar-refractivity contribution in [3.05, 3.63) is 59.7 Å². The summed E-state index contributed by atoms with van der Waals surface area (Å²) in [6, 6.07) is 14.1. The fourth-order valence-corrected chi connectivity index (χ4v) is 4.39. The third-order valence-electron chi connectivity index (χ3n) is 4.55. The lowest BCUT2D eigenvalue weighted by Crippen LogP contribution is -2.48. The number of sulfonamides is 1. The molecular weight excluding hydrogens is 352 g/mol. The maximum Gasteiger partial charge on any atom is 0.337 e. The van der Waals surface area contributed by atoms with Crippen LogP contribution in [-0.4, -0.2) is 52.0 Å². The number of esters is 1. The average molecular weight is 374 g/mol. The molecule has 2 aromatic carbocycles. The number of piperazine rings is 1. The fourth-order valence-electron chi connectivity index (χ4n) is 2.97. The van der Waals surface area contributed by atoms with Gasteiger partial charge in [-0.25, -0.2) is 13.2 Å². The molecule has 1 fully saturated rings. The normalized spacial score (nSPS) is 15.7. The SMILES string of the molecule is COC(=O)c1ccc(N2CCN(S(=O)(=O)c3ccc(C)cc3)CC2)cc1. The van der Waals surface area contributed by atoms with E-state index in [1.165, 1.54) is 11.4 Å². The number of hydrogen-bond acceptors (Lipinski definition) is 5. The predicted octanol–water partition coefficient (Wildman–Crippen LogP) is 2.29. The monoisotopic (exact) mass is 374 g/mol. The standard InChI is InChI=1S/C19H22N2O4S/c1-15-3-9-18(10-4-15)26(23,24)21-13-11-20(12-14-21)17-7-5-16(6-8-17)19(22)25-2/h3-10H,11-14H2,1-2H3. The Morgan fingerprint density at radius 1 is 0.923 bits per heavy atom. The van der Waals surface area contributed by atoms with Crippen molar-refractivity contribution in [2.75, 3.05) is 38.2 Å². The molecule has 0 aromatic heterocycles. The molecule has 0 atom stereocenters. The molecule has 0 aliphatic carbocycles. The van der Waals surface area contributed by atoms with E-state index in [0.29, 0.717) is 36.6 Å². The number of anilines is 1. The van der Waals surface area contributed by atoms with Gasteiger partial charge in [-0.2, -0.15) is 4.31 Å². The van der Waals surface area contributed by atoms with Crippen LogP contribution in [0.25, 0.3) is 0 Å². The van der Waals surface area contributed by atoms with E-state index in [1.54, 1.807) is 24.3 Å². The van der Waals surface area contributed by atoms with E-state index in [1.807, 2.05) is 31.2 Å². The van der Waals surface area contributed by atoms with Gasteiger partial charge in [0.2, 0.25) is 10.0 Å². The number of aryl methyl sites for hydroxylation is 1. The summed E-state index contributed by atoms with van der Waals surface area (Å²) in [7, 11) is -2.11. The first kappa shape index (κ1) is 18.4. The number of ether oxygens (including phenoxy) is 1. The first-order valence-corrected chi connectivity index (χ1v) is 9.86. The van der Waals surface area contributed by atoms with Gasteiger partial charge in [-0.3, -0.25) is 0 Å². The van der Waals surface area contributed by atoms with Gasteiger partial charge in [0, 0.05) is 31.9 Å². The van der Waals surface area contributed by atoms with Gasteiger partial charge in [-0.05, 0) is 43.3 Å². The molecule has 6 nitrogen and oxygen atoms in total. The molecule has 0 amide bonds. The minimum atomic E-state index is -3.46. The molecule has 7 heteroatoms. The second kappa shape index (κ2) is 7.47. The van der Waals surface area contributed by atoms with Gasteiger partial charge < -0.3 is 9.64 Å². The number of methoxy groups -OCH3 is 1. The zero-order valence-corrected chi connectivity index (χ0v) is 15.7. The van der Waals surface area contributed by atoms with Gasteiger partial charge in [0.05, 0.1) is 17.6 Å². The molecule has 0 unspecified atom stereocenters. The average Bonchev–Trinajstić information content (AvgIpc) is 2.68. The molecule has 0 radical (unpaired) electrons. The van der Waals surface area contributed by atoms with E-state index < -0.39 is 10.0 Å². The summed E-state index contributed by atoms with van der Waals surface area (Å²) in [5.74, 6) is -0.370. The number of carbonyl (C=O) groups excluding carboxylic acids is 1. The first-order chi connectivity index (χ1) is 12.4. The third kappa shape index (κ3) is 3.73. The molecule has 3 rings (SSSR count). The molecule has 0 saturated carbocycles. The Labute approximate surface area is 154 Å². The van der Waals surface area contributed by atoms with Crippen LogP contribution in [0.3, 0.4) is 0 Å². The lowest BCUT2D eigenvalue weighted by molar-refractivity contribution is 0.0600. The largest absolute Gasteiger partial charge is 0.465 e. The molecular formula is C19H22N2O4S. The van der Waals surface area contributed by atoms with Crippen molar-refractivity contribution in [2.45, 2.75) is 11.8 Å². The summed E-state index contributed by atoms with van der Waals surface area (Å²) in [6.07, 6.45) is 0. The van der Waals surface area contributed by atoms with Crippen LogP contribution in [0.1, 0.15) is 15.9 Å². The highest BCUT2D eigenvalue weighted by molar-refractivity contribution is 7.89. The summed E-state index contributed by atoms with van der Waals surface area (Å²) in [4.78, 5) is 13.9. The Bertz CT molecular complexity index is 869. The summed E-state index contributed by atoms with van der Waals surface area (Å²) in [6.45, 7) is 3.98. The number of benzene rings is 2. The lowest BCUT2D eigenvalue weighted by atomic mass is 10.2. The number of hydrogen-bond donors (Lipinski definition) is 0. The smallest absolute Gasteiger partial charge is 0.337 e. The van der Waals surface area contributed by atoms with Crippen LogP contribution in [-0.2, 0) is 14.8 Å². The van der Waals surface area contributed by atoms with E-state index in [-0.39, 0.29) is 5.97 Å². The summed E-state index contributed by atoms with van der Waals surface area (Å²) < 4.78 is 31.7. The van der Waals surface area contributed by atoms with Crippen LogP contribution in [0.5, 0.6) is 0 Å².